The molecular formula is C10H15N3O2S. The largest absolute Gasteiger partial charge is 0.383 e. The second-order valence-electron chi connectivity index (χ2n) is 4.23. The minimum atomic E-state index is -3.10. The molecule has 0 bridgehead atoms. The molecule has 1 aliphatic rings. The Bertz CT molecular complexity index is 511. The fraction of sp³-hybridized carbons (Fsp3) is 0.600. The minimum absolute atomic E-state index is 0.134. The van der Waals surface area contributed by atoms with E-state index in [4.69, 9.17) is 5.73 Å². The van der Waals surface area contributed by atoms with Crippen LogP contribution in [0.1, 0.15) is 29.9 Å². The van der Waals surface area contributed by atoms with Crippen LogP contribution in [0, 0.1) is 0 Å². The van der Waals surface area contributed by atoms with Gasteiger partial charge in [0.25, 0.3) is 0 Å². The molecule has 0 spiro atoms. The van der Waals surface area contributed by atoms with Crippen molar-refractivity contribution in [2.75, 3.05) is 12.0 Å². The van der Waals surface area contributed by atoms with Gasteiger partial charge in [0, 0.05) is 17.5 Å². The number of rotatable bonds is 2. The standard InChI is InChI=1S/C10H15N3O2S/c1-16(14,15)6-9-12-8-5-3-2-4-7(8)10(11)13-9/h2-6H2,1H3,(H2,11,12,13). The van der Waals surface area contributed by atoms with Gasteiger partial charge in [-0.05, 0) is 25.7 Å². The van der Waals surface area contributed by atoms with Gasteiger partial charge in [0.2, 0.25) is 0 Å². The van der Waals surface area contributed by atoms with Gasteiger partial charge in [0.05, 0.1) is 0 Å². The summed E-state index contributed by atoms with van der Waals surface area (Å²) in [6.45, 7) is 0. The number of nitrogens with two attached hydrogens (primary N) is 1. The van der Waals surface area contributed by atoms with E-state index in [0.29, 0.717) is 11.6 Å². The van der Waals surface area contributed by atoms with Crippen LogP contribution in [-0.4, -0.2) is 24.6 Å². The first-order valence-electron chi connectivity index (χ1n) is 5.27. The molecular weight excluding hydrogens is 226 g/mol. The Kier molecular flexibility index (Phi) is 2.84. The maximum atomic E-state index is 11.2. The Morgan fingerprint density at radius 3 is 2.62 bits per heavy atom. The number of aromatic nitrogens is 2. The van der Waals surface area contributed by atoms with Crippen molar-refractivity contribution in [1.82, 2.24) is 9.97 Å². The molecule has 0 saturated heterocycles. The summed E-state index contributed by atoms with van der Waals surface area (Å²) in [4.78, 5) is 8.35. The lowest BCUT2D eigenvalue weighted by molar-refractivity contribution is 0.598. The smallest absolute Gasteiger partial charge is 0.154 e. The lowest BCUT2D eigenvalue weighted by Gasteiger charge is -2.16. The highest BCUT2D eigenvalue weighted by Crippen LogP contribution is 2.23. The molecule has 1 aromatic rings. The van der Waals surface area contributed by atoms with E-state index in [0.717, 1.165) is 36.9 Å². The van der Waals surface area contributed by atoms with Crippen LogP contribution in [0.3, 0.4) is 0 Å². The maximum absolute atomic E-state index is 11.2. The van der Waals surface area contributed by atoms with Gasteiger partial charge in [-0.3, -0.25) is 0 Å². The Morgan fingerprint density at radius 2 is 1.94 bits per heavy atom. The second kappa shape index (κ2) is 4.01. The number of hydrogen-bond donors (Lipinski definition) is 1. The summed E-state index contributed by atoms with van der Waals surface area (Å²) in [5.74, 6) is 0.633. The quantitative estimate of drug-likeness (QED) is 0.814. The summed E-state index contributed by atoms with van der Waals surface area (Å²) in [6, 6.07) is 0. The van der Waals surface area contributed by atoms with E-state index in [-0.39, 0.29) is 5.75 Å². The first kappa shape index (κ1) is 11.3. The highest BCUT2D eigenvalue weighted by Gasteiger charge is 2.17. The molecule has 2 rings (SSSR count). The van der Waals surface area contributed by atoms with Gasteiger partial charge >= 0.3 is 0 Å². The Morgan fingerprint density at radius 1 is 1.25 bits per heavy atom. The van der Waals surface area contributed by atoms with Crippen molar-refractivity contribution in [1.29, 1.82) is 0 Å². The lowest BCUT2D eigenvalue weighted by atomic mass is 9.96. The highest BCUT2D eigenvalue weighted by atomic mass is 32.2. The molecule has 1 aliphatic carbocycles. The summed E-state index contributed by atoms with van der Waals surface area (Å²) in [7, 11) is -3.10. The van der Waals surface area contributed by atoms with Crippen LogP contribution in [0.4, 0.5) is 5.82 Å². The Balaban J connectivity index is 2.39. The monoisotopic (exact) mass is 241 g/mol. The summed E-state index contributed by atoms with van der Waals surface area (Å²) >= 11 is 0. The molecule has 1 aromatic heterocycles. The SMILES string of the molecule is CS(=O)(=O)Cc1nc(N)c2c(n1)CCCC2. The summed E-state index contributed by atoms with van der Waals surface area (Å²) in [5, 5.41) is 0. The molecule has 0 aromatic carbocycles. The van der Waals surface area contributed by atoms with Crippen LogP contribution in [0.25, 0.3) is 0 Å². The molecule has 0 atom stereocenters. The third kappa shape index (κ3) is 2.49. The summed E-state index contributed by atoms with van der Waals surface area (Å²) in [6.07, 6.45) is 5.14. The zero-order valence-electron chi connectivity index (χ0n) is 9.23. The Labute approximate surface area is 95.0 Å². The number of nitrogens with zero attached hydrogens (tertiary/aromatic N) is 2. The van der Waals surface area contributed by atoms with Gasteiger partial charge in [-0.2, -0.15) is 0 Å². The van der Waals surface area contributed by atoms with Gasteiger partial charge in [0.1, 0.15) is 17.4 Å². The van der Waals surface area contributed by atoms with Crippen molar-refractivity contribution in [3.63, 3.8) is 0 Å². The average Bonchev–Trinajstić information content (AvgIpc) is 2.15. The molecule has 0 radical (unpaired) electrons. The van der Waals surface area contributed by atoms with Crippen LogP contribution in [0.5, 0.6) is 0 Å². The number of anilines is 1. The van der Waals surface area contributed by atoms with E-state index in [1.807, 2.05) is 0 Å². The normalized spacial score (nSPS) is 15.8. The maximum Gasteiger partial charge on any atom is 0.154 e. The highest BCUT2D eigenvalue weighted by molar-refractivity contribution is 7.89. The van der Waals surface area contributed by atoms with Gasteiger partial charge in [-0.25, -0.2) is 18.4 Å². The molecule has 5 nitrogen and oxygen atoms in total. The lowest BCUT2D eigenvalue weighted by Crippen LogP contribution is -2.15. The van der Waals surface area contributed by atoms with E-state index < -0.39 is 9.84 Å². The second-order valence-corrected chi connectivity index (χ2v) is 6.37. The molecule has 16 heavy (non-hydrogen) atoms. The van der Waals surface area contributed by atoms with Crippen molar-refractivity contribution in [2.24, 2.45) is 0 Å². The van der Waals surface area contributed by atoms with E-state index >= 15 is 0 Å². The predicted octanol–water partition coefficient (Wildman–Crippen LogP) is 0.482. The predicted molar refractivity (Wildman–Crippen MR) is 61.6 cm³/mol. The van der Waals surface area contributed by atoms with Crippen molar-refractivity contribution in [3.8, 4) is 0 Å². The molecule has 0 unspecified atom stereocenters. The van der Waals surface area contributed by atoms with Crippen LogP contribution in [-0.2, 0) is 28.4 Å². The van der Waals surface area contributed by atoms with Crippen LogP contribution < -0.4 is 5.73 Å². The third-order valence-electron chi connectivity index (χ3n) is 2.65. The number of aryl methyl sites for hydroxylation is 1. The van der Waals surface area contributed by atoms with Crippen molar-refractivity contribution in [2.45, 2.75) is 31.4 Å². The average molecular weight is 241 g/mol. The fourth-order valence-corrected chi connectivity index (χ4v) is 2.57. The number of fused-ring (bicyclic) bond motifs is 1. The first-order valence-corrected chi connectivity index (χ1v) is 7.33. The van der Waals surface area contributed by atoms with Crippen LogP contribution in [0.15, 0.2) is 0 Å². The molecule has 6 heteroatoms. The zero-order chi connectivity index (χ0) is 11.8. The zero-order valence-corrected chi connectivity index (χ0v) is 10.0. The van der Waals surface area contributed by atoms with Crippen LogP contribution in [0.2, 0.25) is 0 Å². The first-order chi connectivity index (χ1) is 7.46. The number of sulfone groups is 1. The van der Waals surface area contributed by atoms with Crippen molar-refractivity contribution >= 4 is 15.7 Å². The minimum Gasteiger partial charge on any atom is -0.383 e. The van der Waals surface area contributed by atoms with Gasteiger partial charge in [0.15, 0.2) is 9.84 Å². The van der Waals surface area contributed by atoms with E-state index in [1.165, 1.54) is 6.26 Å². The molecule has 1 heterocycles. The van der Waals surface area contributed by atoms with Gasteiger partial charge in [-0.1, -0.05) is 0 Å². The molecule has 0 fully saturated rings. The van der Waals surface area contributed by atoms with Crippen molar-refractivity contribution < 1.29 is 8.42 Å². The van der Waals surface area contributed by atoms with Crippen LogP contribution >= 0.6 is 0 Å². The topological polar surface area (TPSA) is 85.9 Å². The van der Waals surface area contributed by atoms with E-state index in [9.17, 15) is 8.42 Å². The van der Waals surface area contributed by atoms with Gasteiger partial charge < -0.3 is 5.73 Å². The molecule has 0 amide bonds. The van der Waals surface area contributed by atoms with E-state index in [2.05, 4.69) is 9.97 Å². The number of hydrogen-bond acceptors (Lipinski definition) is 5. The fourth-order valence-electron chi connectivity index (χ4n) is 1.98. The van der Waals surface area contributed by atoms with E-state index in [1.54, 1.807) is 0 Å². The van der Waals surface area contributed by atoms with Gasteiger partial charge in [-0.15, -0.1) is 0 Å². The number of nitrogen functional groups attached to an aromatic ring is 1. The summed E-state index contributed by atoms with van der Waals surface area (Å²) < 4.78 is 22.3. The molecule has 0 saturated carbocycles. The molecule has 0 aliphatic heterocycles. The molecule has 88 valence electrons. The molecule has 2 N–H and O–H groups in total. The third-order valence-corrected chi connectivity index (χ3v) is 3.44. The Hall–Kier alpha value is -1.17. The summed E-state index contributed by atoms with van der Waals surface area (Å²) in [5.41, 5.74) is 7.75. The van der Waals surface area contributed by atoms with Crippen molar-refractivity contribution in [3.05, 3.63) is 17.1 Å².